The molecule has 2 rings (SSSR count). The molecule has 0 atom stereocenters. The number of carbonyl (C=O) groups is 1. The standard InChI is InChI=1S/C16H19FN2O2/c1-12-6-8-19(9-7-12)16(21)18-14-4-5-15(17)13(11-14)3-2-10-20/h4-5,11-12,20H,6-10H2,1H3,(H,18,21). The minimum atomic E-state index is -0.472. The van der Waals surface area contributed by atoms with Crippen molar-refractivity contribution in [3.8, 4) is 11.8 Å². The number of likely N-dealkylation sites (tertiary alicyclic amines) is 1. The predicted octanol–water partition coefficient (Wildman–Crippen LogP) is 2.43. The van der Waals surface area contributed by atoms with Gasteiger partial charge in [0.25, 0.3) is 0 Å². The Bertz CT molecular complexity index is 569. The van der Waals surface area contributed by atoms with Gasteiger partial charge in [-0.25, -0.2) is 9.18 Å². The lowest BCUT2D eigenvalue weighted by atomic mass is 10.00. The quantitative estimate of drug-likeness (QED) is 0.781. The first kappa shape index (κ1) is 15.3. The van der Waals surface area contributed by atoms with E-state index in [1.807, 2.05) is 0 Å². The average molecular weight is 290 g/mol. The van der Waals surface area contributed by atoms with Crippen LogP contribution in [0.25, 0.3) is 0 Å². The number of benzene rings is 1. The number of hydrogen-bond acceptors (Lipinski definition) is 2. The van der Waals surface area contributed by atoms with Crippen LogP contribution in [-0.2, 0) is 0 Å². The number of hydrogen-bond donors (Lipinski definition) is 2. The fourth-order valence-corrected chi connectivity index (χ4v) is 2.25. The van der Waals surface area contributed by atoms with E-state index in [1.165, 1.54) is 18.2 Å². The number of halogens is 1. The summed E-state index contributed by atoms with van der Waals surface area (Å²) < 4.78 is 13.5. The molecule has 5 heteroatoms. The van der Waals surface area contributed by atoms with E-state index in [-0.39, 0.29) is 18.2 Å². The van der Waals surface area contributed by atoms with E-state index in [9.17, 15) is 9.18 Å². The molecule has 1 aliphatic rings. The van der Waals surface area contributed by atoms with Gasteiger partial charge in [0.05, 0.1) is 5.56 Å². The van der Waals surface area contributed by atoms with Crippen molar-refractivity contribution in [3.05, 3.63) is 29.6 Å². The van der Waals surface area contributed by atoms with Gasteiger partial charge in [-0.1, -0.05) is 18.8 Å². The molecule has 1 fully saturated rings. The number of nitrogens with zero attached hydrogens (tertiary/aromatic N) is 1. The van der Waals surface area contributed by atoms with E-state index in [4.69, 9.17) is 5.11 Å². The average Bonchev–Trinajstić information content (AvgIpc) is 2.48. The minimum Gasteiger partial charge on any atom is -0.384 e. The van der Waals surface area contributed by atoms with E-state index in [2.05, 4.69) is 24.1 Å². The number of carbonyl (C=O) groups excluding carboxylic acids is 1. The Balaban J connectivity index is 2.04. The normalized spacial score (nSPS) is 15.3. The Labute approximate surface area is 124 Å². The highest BCUT2D eigenvalue weighted by molar-refractivity contribution is 5.89. The Morgan fingerprint density at radius 1 is 1.48 bits per heavy atom. The molecule has 1 heterocycles. The third-order valence-electron chi connectivity index (χ3n) is 3.59. The van der Waals surface area contributed by atoms with Crippen molar-refractivity contribution in [3.63, 3.8) is 0 Å². The van der Waals surface area contributed by atoms with Crippen LogP contribution in [-0.4, -0.2) is 35.7 Å². The smallest absolute Gasteiger partial charge is 0.321 e. The van der Waals surface area contributed by atoms with Gasteiger partial charge in [-0.05, 0) is 37.0 Å². The van der Waals surface area contributed by atoms with Gasteiger partial charge in [0.2, 0.25) is 0 Å². The number of nitrogens with one attached hydrogen (secondary N) is 1. The maximum absolute atomic E-state index is 13.5. The highest BCUT2D eigenvalue weighted by atomic mass is 19.1. The van der Waals surface area contributed by atoms with E-state index < -0.39 is 5.82 Å². The SMILES string of the molecule is CC1CCN(C(=O)Nc2ccc(F)c(C#CCO)c2)CC1. The summed E-state index contributed by atoms with van der Waals surface area (Å²) in [5.74, 6) is 5.10. The van der Waals surface area contributed by atoms with Crippen molar-refractivity contribution in [1.29, 1.82) is 0 Å². The van der Waals surface area contributed by atoms with Gasteiger partial charge in [-0.2, -0.15) is 0 Å². The number of aliphatic hydroxyl groups is 1. The molecule has 1 aromatic rings. The number of aliphatic hydroxyl groups excluding tert-OH is 1. The molecule has 112 valence electrons. The molecule has 0 spiro atoms. The Morgan fingerprint density at radius 3 is 2.86 bits per heavy atom. The highest BCUT2D eigenvalue weighted by Gasteiger charge is 2.20. The number of anilines is 1. The van der Waals surface area contributed by atoms with Crippen molar-refractivity contribution < 1.29 is 14.3 Å². The van der Waals surface area contributed by atoms with Crippen LogP contribution in [0.5, 0.6) is 0 Å². The second-order valence-electron chi connectivity index (χ2n) is 5.25. The maximum atomic E-state index is 13.5. The minimum absolute atomic E-state index is 0.161. The van der Waals surface area contributed by atoms with Gasteiger partial charge >= 0.3 is 6.03 Å². The van der Waals surface area contributed by atoms with E-state index >= 15 is 0 Å². The number of amides is 2. The Kier molecular flexibility index (Phi) is 5.18. The molecule has 0 radical (unpaired) electrons. The molecule has 2 N–H and O–H groups in total. The largest absolute Gasteiger partial charge is 0.384 e. The summed E-state index contributed by atoms with van der Waals surface area (Å²) in [5, 5.41) is 11.4. The van der Waals surface area contributed by atoms with Crippen LogP contribution in [0.2, 0.25) is 0 Å². The summed E-state index contributed by atoms with van der Waals surface area (Å²) in [4.78, 5) is 13.9. The van der Waals surface area contributed by atoms with Crippen molar-refractivity contribution in [2.45, 2.75) is 19.8 Å². The first-order valence-corrected chi connectivity index (χ1v) is 7.05. The van der Waals surface area contributed by atoms with E-state index in [1.54, 1.807) is 4.90 Å². The first-order chi connectivity index (χ1) is 10.1. The van der Waals surface area contributed by atoms with Crippen LogP contribution in [0.3, 0.4) is 0 Å². The van der Waals surface area contributed by atoms with Crippen LogP contribution in [0.1, 0.15) is 25.3 Å². The molecule has 1 aromatic carbocycles. The summed E-state index contributed by atoms with van der Waals surface area (Å²) in [5.41, 5.74) is 0.663. The summed E-state index contributed by atoms with van der Waals surface area (Å²) in [6.45, 7) is 3.33. The summed E-state index contributed by atoms with van der Waals surface area (Å²) >= 11 is 0. The monoisotopic (exact) mass is 290 g/mol. The van der Waals surface area contributed by atoms with Gasteiger partial charge in [0.1, 0.15) is 12.4 Å². The van der Waals surface area contributed by atoms with E-state index in [0.717, 1.165) is 25.9 Å². The molecule has 2 amide bonds. The molecule has 0 aromatic heterocycles. The number of piperidine rings is 1. The Hall–Kier alpha value is -2.06. The number of urea groups is 1. The third kappa shape index (κ3) is 4.20. The number of rotatable bonds is 1. The van der Waals surface area contributed by atoms with Gasteiger partial charge in [-0.3, -0.25) is 0 Å². The zero-order chi connectivity index (χ0) is 15.2. The van der Waals surface area contributed by atoms with Gasteiger partial charge in [0, 0.05) is 18.8 Å². The second kappa shape index (κ2) is 7.09. The molecule has 0 bridgehead atoms. The Morgan fingerprint density at radius 2 is 2.19 bits per heavy atom. The third-order valence-corrected chi connectivity index (χ3v) is 3.59. The van der Waals surface area contributed by atoms with Crippen LogP contribution in [0, 0.1) is 23.6 Å². The molecule has 4 nitrogen and oxygen atoms in total. The molecule has 1 aliphatic heterocycles. The second-order valence-corrected chi connectivity index (χ2v) is 5.25. The van der Waals surface area contributed by atoms with Gasteiger partial charge in [-0.15, -0.1) is 0 Å². The van der Waals surface area contributed by atoms with Gasteiger partial charge in [0.15, 0.2) is 0 Å². The van der Waals surface area contributed by atoms with Crippen molar-refractivity contribution in [1.82, 2.24) is 4.90 Å². The molecule has 21 heavy (non-hydrogen) atoms. The zero-order valence-electron chi connectivity index (χ0n) is 12.0. The van der Waals surface area contributed by atoms with Crippen molar-refractivity contribution in [2.75, 3.05) is 25.0 Å². The molecule has 0 saturated carbocycles. The van der Waals surface area contributed by atoms with Gasteiger partial charge < -0.3 is 15.3 Å². The maximum Gasteiger partial charge on any atom is 0.321 e. The lowest BCUT2D eigenvalue weighted by molar-refractivity contribution is 0.186. The predicted molar refractivity (Wildman–Crippen MR) is 79.4 cm³/mol. The summed E-state index contributed by atoms with van der Waals surface area (Å²) in [6, 6.07) is 4.07. The van der Waals surface area contributed by atoms with Crippen LogP contribution in [0.15, 0.2) is 18.2 Å². The topological polar surface area (TPSA) is 52.6 Å². The zero-order valence-corrected chi connectivity index (χ0v) is 12.0. The fourth-order valence-electron chi connectivity index (χ4n) is 2.25. The lowest BCUT2D eigenvalue weighted by Crippen LogP contribution is -2.40. The first-order valence-electron chi connectivity index (χ1n) is 7.05. The molecular formula is C16H19FN2O2. The lowest BCUT2D eigenvalue weighted by Gasteiger charge is -2.30. The molecule has 0 aliphatic carbocycles. The molecular weight excluding hydrogens is 271 g/mol. The van der Waals surface area contributed by atoms with E-state index in [0.29, 0.717) is 11.6 Å². The van der Waals surface area contributed by atoms with Crippen molar-refractivity contribution in [2.24, 2.45) is 5.92 Å². The van der Waals surface area contributed by atoms with Crippen LogP contribution >= 0.6 is 0 Å². The molecule has 0 unspecified atom stereocenters. The summed E-state index contributed by atoms with van der Waals surface area (Å²) in [7, 11) is 0. The fraction of sp³-hybridized carbons (Fsp3) is 0.438. The molecule has 1 saturated heterocycles. The summed E-state index contributed by atoms with van der Waals surface area (Å²) in [6.07, 6.45) is 2.01. The van der Waals surface area contributed by atoms with Crippen molar-refractivity contribution >= 4 is 11.7 Å². The highest BCUT2D eigenvalue weighted by Crippen LogP contribution is 2.18. The van der Waals surface area contributed by atoms with Crippen LogP contribution in [0.4, 0.5) is 14.9 Å². The van der Waals surface area contributed by atoms with Crippen LogP contribution < -0.4 is 5.32 Å².